The van der Waals surface area contributed by atoms with Crippen molar-refractivity contribution in [3.05, 3.63) is 69.3 Å². The van der Waals surface area contributed by atoms with Gasteiger partial charge < -0.3 is 15.1 Å². The summed E-state index contributed by atoms with van der Waals surface area (Å²) in [5.74, 6) is -0.303. The Morgan fingerprint density at radius 1 is 1.03 bits per heavy atom. The van der Waals surface area contributed by atoms with E-state index >= 15 is 0 Å². The van der Waals surface area contributed by atoms with Gasteiger partial charge in [0.2, 0.25) is 0 Å². The number of anilines is 1. The van der Waals surface area contributed by atoms with Crippen LogP contribution in [0, 0.1) is 10.1 Å². The Hall–Kier alpha value is -2.93. The minimum atomic E-state index is -0.386. The van der Waals surface area contributed by atoms with Crippen LogP contribution in [0.3, 0.4) is 0 Å². The third kappa shape index (κ3) is 5.79. The first-order valence-corrected chi connectivity index (χ1v) is 10.6. The Balaban J connectivity index is 1.68. The number of rotatable bonds is 7. The van der Waals surface area contributed by atoms with Crippen molar-refractivity contribution in [1.82, 2.24) is 5.32 Å². The predicted octanol–water partition coefficient (Wildman–Crippen LogP) is 2.55. The first kappa shape index (κ1) is 21.8. The molecule has 1 fully saturated rings. The molecule has 1 amide bonds. The summed E-state index contributed by atoms with van der Waals surface area (Å²) >= 11 is 0. The van der Waals surface area contributed by atoms with Crippen LogP contribution in [0.15, 0.2) is 42.5 Å². The van der Waals surface area contributed by atoms with Gasteiger partial charge in [-0.2, -0.15) is 0 Å². The topological polar surface area (TPSA) is 79.9 Å². The smallest absolute Gasteiger partial charge is 0.293 e. The number of amides is 1. The van der Waals surface area contributed by atoms with Gasteiger partial charge in [0.1, 0.15) is 12.2 Å². The zero-order valence-electron chi connectivity index (χ0n) is 17.8. The van der Waals surface area contributed by atoms with E-state index < -0.39 is 0 Å². The fourth-order valence-corrected chi connectivity index (χ4v) is 3.86. The lowest BCUT2D eigenvalue weighted by Crippen LogP contribution is -3.04. The van der Waals surface area contributed by atoms with Gasteiger partial charge >= 0.3 is 0 Å². The number of nitrogens with one attached hydrogen (secondary N) is 2. The van der Waals surface area contributed by atoms with Gasteiger partial charge in [0.05, 0.1) is 19.0 Å². The monoisotopic (exact) mass is 411 g/mol. The Morgan fingerprint density at radius 2 is 1.67 bits per heavy atom. The number of nitro benzene ring substituents is 1. The molecule has 0 saturated carbocycles. The quantitative estimate of drug-likeness (QED) is 0.542. The second kappa shape index (κ2) is 10.2. The molecule has 0 radical (unpaired) electrons. The molecule has 2 aromatic rings. The number of hydrogen-bond donors (Lipinski definition) is 2. The van der Waals surface area contributed by atoms with E-state index in [-0.39, 0.29) is 16.5 Å². The van der Waals surface area contributed by atoms with Crippen LogP contribution in [0.25, 0.3) is 0 Å². The Bertz CT molecular complexity index is 873. The van der Waals surface area contributed by atoms with Gasteiger partial charge in [0.25, 0.3) is 11.6 Å². The van der Waals surface area contributed by atoms with E-state index in [1.165, 1.54) is 16.5 Å². The second-order valence-corrected chi connectivity index (χ2v) is 8.24. The Labute approximate surface area is 177 Å². The molecule has 30 heavy (non-hydrogen) atoms. The number of carbonyl (C=O) groups excluding carboxylic acids is 1. The van der Waals surface area contributed by atoms with E-state index in [1.54, 1.807) is 12.1 Å². The molecule has 3 rings (SSSR count). The molecule has 1 aliphatic heterocycles. The summed E-state index contributed by atoms with van der Waals surface area (Å²) in [7, 11) is 4.21. The first-order valence-electron chi connectivity index (χ1n) is 10.6. The number of nitro groups is 1. The molecule has 7 nitrogen and oxygen atoms in total. The number of quaternary nitrogens is 1. The highest BCUT2D eigenvalue weighted by Gasteiger charge is 2.22. The molecular formula is C23H31N4O3+. The Kier molecular flexibility index (Phi) is 7.41. The fraction of sp³-hybridized carbons (Fsp3) is 0.435. The predicted molar refractivity (Wildman–Crippen MR) is 118 cm³/mol. The number of hydrogen-bond acceptors (Lipinski definition) is 4. The fourth-order valence-electron chi connectivity index (χ4n) is 3.86. The summed E-state index contributed by atoms with van der Waals surface area (Å²) in [4.78, 5) is 27.3. The van der Waals surface area contributed by atoms with Crippen molar-refractivity contribution in [1.29, 1.82) is 0 Å². The maximum atomic E-state index is 12.6. The summed E-state index contributed by atoms with van der Waals surface area (Å²) in [6, 6.07) is 12.9. The van der Waals surface area contributed by atoms with Crippen LogP contribution < -0.4 is 15.1 Å². The van der Waals surface area contributed by atoms with Crippen molar-refractivity contribution in [2.75, 3.05) is 32.1 Å². The summed E-state index contributed by atoms with van der Waals surface area (Å²) in [5.41, 5.74) is 3.16. The van der Waals surface area contributed by atoms with E-state index in [9.17, 15) is 14.9 Å². The van der Waals surface area contributed by atoms with Gasteiger partial charge in [-0.1, -0.05) is 37.1 Å². The van der Waals surface area contributed by atoms with Crippen molar-refractivity contribution in [3.63, 3.8) is 0 Å². The summed E-state index contributed by atoms with van der Waals surface area (Å²) in [6.07, 6.45) is 4.38. The maximum absolute atomic E-state index is 12.6. The van der Waals surface area contributed by atoms with Gasteiger partial charge in [0.15, 0.2) is 0 Å². The molecule has 1 aliphatic rings. The van der Waals surface area contributed by atoms with E-state index in [2.05, 4.69) is 36.4 Å². The van der Waals surface area contributed by atoms with E-state index in [1.807, 2.05) is 12.1 Å². The van der Waals surface area contributed by atoms with Crippen molar-refractivity contribution < 1.29 is 14.6 Å². The van der Waals surface area contributed by atoms with Gasteiger partial charge in [-0.05, 0) is 30.5 Å². The van der Waals surface area contributed by atoms with Gasteiger partial charge in [-0.15, -0.1) is 0 Å². The summed E-state index contributed by atoms with van der Waals surface area (Å²) in [6.45, 7) is 2.96. The largest absolute Gasteiger partial charge is 0.366 e. The minimum Gasteiger partial charge on any atom is -0.366 e. The number of benzene rings is 2. The van der Waals surface area contributed by atoms with Crippen molar-refractivity contribution >= 4 is 17.3 Å². The highest BCUT2D eigenvalue weighted by atomic mass is 16.6. The molecule has 0 bridgehead atoms. The van der Waals surface area contributed by atoms with E-state index in [0.29, 0.717) is 17.8 Å². The molecule has 0 aliphatic carbocycles. The Morgan fingerprint density at radius 3 is 2.27 bits per heavy atom. The van der Waals surface area contributed by atoms with Crippen molar-refractivity contribution in [3.8, 4) is 0 Å². The molecule has 160 valence electrons. The lowest BCUT2D eigenvalue weighted by Gasteiger charge is -2.22. The zero-order valence-corrected chi connectivity index (χ0v) is 17.8. The molecule has 0 unspecified atom stereocenters. The highest BCUT2D eigenvalue weighted by molar-refractivity contribution is 5.95. The molecule has 1 saturated heterocycles. The first-order chi connectivity index (χ1) is 14.4. The normalized spacial score (nSPS) is 14.4. The van der Waals surface area contributed by atoms with Crippen LogP contribution in [-0.4, -0.2) is 38.0 Å². The molecule has 1 heterocycles. The average molecular weight is 412 g/mol. The summed E-state index contributed by atoms with van der Waals surface area (Å²) < 4.78 is 0. The summed E-state index contributed by atoms with van der Waals surface area (Å²) in [5, 5.41) is 14.5. The second-order valence-electron chi connectivity index (χ2n) is 8.24. The number of carbonyl (C=O) groups is 1. The minimum absolute atomic E-state index is 0.0000818. The van der Waals surface area contributed by atoms with Gasteiger partial charge in [0, 0.05) is 36.8 Å². The van der Waals surface area contributed by atoms with Crippen molar-refractivity contribution in [2.45, 2.75) is 38.8 Å². The van der Waals surface area contributed by atoms with Crippen LogP contribution in [0.4, 0.5) is 11.4 Å². The molecule has 7 heteroatoms. The van der Waals surface area contributed by atoms with Crippen LogP contribution >= 0.6 is 0 Å². The highest BCUT2D eigenvalue weighted by Crippen LogP contribution is 2.31. The van der Waals surface area contributed by atoms with Crippen LogP contribution in [-0.2, 0) is 13.1 Å². The van der Waals surface area contributed by atoms with E-state index in [0.717, 1.165) is 50.9 Å². The van der Waals surface area contributed by atoms with Crippen LogP contribution in [0.5, 0.6) is 0 Å². The third-order valence-corrected chi connectivity index (χ3v) is 5.41. The molecule has 0 atom stereocenters. The molecule has 2 aromatic carbocycles. The third-order valence-electron chi connectivity index (χ3n) is 5.41. The lowest BCUT2D eigenvalue weighted by atomic mass is 10.1. The average Bonchev–Trinajstić information content (AvgIpc) is 3.01. The maximum Gasteiger partial charge on any atom is 0.293 e. The standard InChI is InChI=1S/C23H30N4O3/c1-25(2)17-19-9-7-18(8-10-19)16-24-23(28)20-11-12-21(22(15-20)27(29)30)26-13-5-3-4-6-14-26/h7-12,15H,3-6,13-14,16-17H2,1-2H3,(H,24,28)/p+1. The lowest BCUT2D eigenvalue weighted by molar-refractivity contribution is -0.872. The molecule has 0 aromatic heterocycles. The molecular weight excluding hydrogens is 380 g/mol. The van der Waals surface area contributed by atoms with Crippen molar-refractivity contribution in [2.24, 2.45) is 0 Å². The zero-order chi connectivity index (χ0) is 21.5. The van der Waals surface area contributed by atoms with Gasteiger partial charge in [-0.3, -0.25) is 14.9 Å². The SMILES string of the molecule is C[NH+](C)Cc1ccc(CNC(=O)c2ccc(N3CCCCCC3)c([N+](=O)[O-])c2)cc1. The van der Waals surface area contributed by atoms with E-state index in [4.69, 9.17) is 0 Å². The van der Waals surface area contributed by atoms with Gasteiger partial charge in [-0.25, -0.2) is 0 Å². The molecule has 0 spiro atoms. The van der Waals surface area contributed by atoms with Crippen LogP contribution in [0.2, 0.25) is 0 Å². The number of nitrogens with zero attached hydrogens (tertiary/aromatic N) is 2. The van der Waals surface area contributed by atoms with Crippen LogP contribution in [0.1, 0.15) is 47.2 Å². The molecule has 2 N–H and O–H groups in total.